The number of benzene rings is 1. The molecule has 2 amide bonds. The lowest BCUT2D eigenvalue weighted by molar-refractivity contribution is 0.192. The molecule has 1 aliphatic heterocycles. The molecule has 5 rings (SSSR count). The first kappa shape index (κ1) is 25.0. The van der Waals surface area contributed by atoms with E-state index in [0.29, 0.717) is 22.2 Å². The number of thiazole rings is 1. The number of nitriles is 1. The number of rotatable bonds is 6. The smallest absolute Gasteiger partial charge is 0.314 e. The molecule has 3 aromatic heterocycles. The maximum atomic E-state index is 11.7. The third kappa shape index (κ3) is 4.60. The summed E-state index contributed by atoms with van der Waals surface area (Å²) >= 11 is 2.90. The van der Waals surface area contributed by atoms with Crippen molar-refractivity contribution in [3.63, 3.8) is 0 Å². The van der Waals surface area contributed by atoms with E-state index in [9.17, 15) is 10.1 Å². The highest BCUT2D eigenvalue weighted by Gasteiger charge is 2.29. The quantitative estimate of drug-likeness (QED) is 0.388. The number of aryl methyl sites for hydroxylation is 2. The fourth-order valence-electron chi connectivity index (χ4n) is 4.62. The van der Waals surface area contributed by atoms with Crippen LogP contribution in [0.3, 0.4) is 0 Å². The van der Waals surface area contributed by atoms with Crippen LogP contribution >= 0.6 is 22.7 Å². The van der Waals surface area contributed by atoms with Crippen LogP contribution in [0.5, 0.6) is 0 Å². The molecule has 1 fully saturated rings. The van der Waals surface area contributed by atoms with Crippen molar-refractivity contribution < 1.29 is 4.79 Å². The molecule has 4 aromatic rings. The molecule has 10 nitrogen and oxygen atoms in total. The monoisotopic (exact) mass is 535 g/mol. The molecule has 4 heterocycles. The van der Waals surface area contributed by atoms with Crippen LogP contribution in [0, 0.1) is 18.3 Å². The number of anilines is 3. The Morgan fingerprint density at radius 3 is 2.68 bits per heavy atom. The molecular formula is C25H29N9OS2. The third-order valence-electron chi connectivity index (χ3n) is 6.78. The molecule has 192 valence electrons. The van der Waals surface area contributed by atoms with Crippen molar-refractivity contribution in [2.75, 3.05) is 37.0 Å². The molecule has 0 bridgehead atoms. The van der Waals surface area contributed by atoms with Crippen LogP contribution in [0.4, 0.5) is 20.9 Å². The van der Waals surface area contributed by atoms with Gasteiger partial charge in [-0.2, -0.15) is 9.78 Å². The highest BCUT2D eigenvalue weighted by Crippen LogP contribution is 2.38. The fourth-order valence-corrected chi connectivity index (χ4v) is 6.42. The molecule has 37 heavy (non-hydrogen) atoms. The Balaban J connectivity index is 1.49. The van der Waals surface area contributed by atoms with Crippen LogP contribution < -0.4 is 15.5 Å². The van der Waals surface area contributed by atoms with Gasteiger partial charge in [0.25, 0.3) is 0 Å². The second-order valence-electron chi connectivity index (χ2n) is 9.22. The van der Waals surface area contributed by atoms with Crippen molar-refractivity contribution in [1.29, 1.82) is 5.26 Å². The summed E-state index contributed by atoms with van der Waals surface area (Å²) in [4.78, 5) is 28.6. The van der Waals surface area contributed by atoms with Crippen LogP contribution in [0.1, 0.15) is 35.9 Å². The first-order valence-electron chi connectivity index (χ1n) is 12.2. The van der Waals surface area contributed by atoms with Gasteiger partial charge in [-0.3, -0.25) is 0 Å². The summed E-state index contributed by atoms with van der Waals surface area (Å²) in [6.07, 6.45) is 2.61. The number of aromatic nitrogens is 4. The van der Waals surface area contributed by atoms with Crippen LogP contribution in [0.2, 0.25) is 0 Å². The van der Waals surface area contributed by atoms with Gasteiger partial charge < -0.3 is 20.4 Å². The third-order valence-corrected chi connectivity index (χ3v) is 8.79. The average molecular weight is 536 g/mol. The Labute approximate surface area is 223 Å². The van der Waals surface area contributed by atoms with E-state index in [0.717, 1.165) is 58.5 Å². The van der Waals surface area contributed by atoms with Crippen molar-refractivity contribution >= 4 is 49.7 Å². The first-order chi connectivity index (χ1) is 17.8. The van der Waals surface area contributed by atoms with E-state index >= 15 is 0 Å². The number of urea groups is 1. The number of nitrogens with zero attached hydrogens (tertiary/aromatic N) is 8. The Bertz CT molecular complexity index is 1480. The fraction of sp³-hybridized carbons (Fsp3) is 0.400. The summed E-state index contributed by atoms with van der Waals surface area (Å²) in [5.41, 5.74) is 9.20. The summed E-state index contributed by atoms with van der Waals surface area (Å²) in [5, 5.41) is 16.3. The number of nitrogens with two attached hydrogens (primary N) is 1. The zero-order valence-electron chi connectivity index (χ0n) is 21.3. The topological polar surface area (TPSA) is 120 Å². The summed E-state index contributed by atoms with van der Waals surface area (Å²) in [6, 6.07) is 10.00. The Morgan fingerprint density at radius 1 is 1.24 bits per heavy atom. The number of piperidine rings is 1. The molecule has 1 atom stereocenters. The number of hydrogen-bond acceptors (Lipinski definition) is 9. The Hall–Kier alpha value is -3.69. The van der Waals surface area contributed by atoms with E-state index in [2.05, 4.69) is 17.9 Å². The van der Waals surface area contributed by atoms with Gasteiger partial charge in [-0.05, 0) is 26.2 Å². The molecule has 0 saturated carbocycles. The minimum absolute atomic E-state index is 0.0516. The van der Waals surface area contributed by atoms with Crippen molar-refractivity contribution in [3.8, 4) is 17.3 Å². The number of carbonyl (C=O) groups excluding carboxylic acids is 1. The van der Waals surface area contributed by atoms with Gasteiger partial charge in [0.1, 0.15) is 16.6 Å². The summed E-state index contributed by atoms with van der Waals surface area (Å²) in [7, 11) is 3.69. The molecule has 0 spiro atoms. The van der Waals surface area contributed by atoms with E-state index in [4.69, 9.17) is 20.8 Å². The highest BCUT2D eigenvalue weighted by molar-refractivity contribution is 7.20. The van der Waals surface area contributed by atoms with Crippen molar-refractivity contribution in [3.05, 3.63) is 40.4 Å². The molecule has 0 aliphatic carbocycles. The van der Waals surface area contributed by atoms with Gasteiger partial charge in [-0.15, -0.1) is 5.10 Å². The number of hydrogen-bond donors (Lipinski definition) is 1. The van der Waals surface area contributed by atoms with Gasteiger partial charge in [-0.25, -0.2) is 14.8 Å². The lowest BCUT2D eigenvalue weighted by Crippen LogP contribution is -2.50. The number of fused-ring (bicyclic) bond motifs is 1. The molecule has 1 unspecified atom stereocenters. The first-order valence-corrected chi connectivity index (χ1v) is 13.8. The molecular weight excluding hydrogens is 506 g/mol. The van der Waals surface area contributed by atoms with Crippen LogP contribution in [0.15, 0.2) is 24.3 Å². The van der Waals surface area contributed by atoms with Gasteiger partial charge in [0.05, 0.1) is 11.7 Å². The number of amides is 2. The molecule has 1 aliphatic rings. The summed E-state index contributed by atoms with van der Waals surface area (Å²) in [5.74, 6) is 0.844. The number of carbonyl (C=O) groups is 1. The van der Waals surface area contributed by atoms with Gasteiger partial charge >= 0.3 is 6.03 Å². The van der Waals surface area contributed by atoms with E-state index in [1.807, 2.05) is 47.7 Å². The average Bonchev–Trinajstić information content (AvgIpc) is 3.61. The van der Waals surface area contributed by atoms with Crippen molar-refractivity contribution in [2.45, 2.75) is 39.2 Å². The van der Waals surface area contributed by atoms with Crippen LogP contribution in [0.25, 0.3) is 16.2 Å². The minimum atomic E-state index is -0.414. The maximum Gasteiger partial charge on any atom is 0.314 e. The number of primary amides is 1. The second kappa shape index (κ2) is 9.99. The van der Waals surface area contributed by atoms with Crippen LogP contribution in [-0.4, -0.2) is 63.7 Å². The standard InChI is InChI=1S/C25H29N9OS2/c1-5-18-21(32(4)23-29-20(19(13-26)36-23)16-10-8-15(2)9-11-16)34-24(28-18)37-25(30-34)33-12-6-7-17(14-33)31(3)22(27)35/h8-11,17H,5-7,12,14H2,1-4H3,(H2,27,35). The largest absolute Gasteiger partial charge is 0.351 e. The van der Waals surface area contributed by atoms with Gasteiger partial charge in [0.2, 0.25) is 10.1 Å². The molecule has 1 aromatic carbocycles. The maximum absolute atomic E-state index is 11.7. The van der Waals surface area contributed by atoms with Crippen LogP contribution in [-0.2, 0) is 6.42 Å². The minimum Gasteiger partial charge on any atom is -0.351 e. The van der Waals surface area contributed by atoms with Crippen molar-refractivity contribution in [2.24, 2.45) is 5.73 Å². The number of likely N-dealkylation sites (N-methyl/N-ethyl adjacent to an activating group) is 1. The number of imidazole rings is 1. The molecule has 0 radical (unpaired) electrons. The molecule has 12 heteroatoms. The predicted molar refractivity (Wildman–Crippen MR) is 148 cm³/mol. The molecule has 1 saturated heterocycles. The van der Waals surface area contributed by atoms with Gasteiger partial charge in [-0.1, -0.05) is 59.4 Å². The zero-order chi connectivity index (χ0) is 26.3. The van der Waals surface area contributed by atoms with E-state index < -0.39 is 6.03 Å². The van der Waals surface area contributed by atoms with E-state index in [1.165, 1.54) is 22.7 Å². The van der Waals surface area contributed by atoms with E-state index in [-0.39, 0.29) is 6.04 Å². The highest BCUT2D eigenvalue weighted by atomic mass is 32.1. The van der Waals surface area contributed by atoms with Crippen molar-refractivity contribution in [1.82, 2.24) is 24.5 Å². The van der Waals surface area contributed by atoms with E-state index in [1.54, 1.807) is 11.9 Å². The lowest BCUT2D eigenvalue weighted by atomic mass is 10.1. The molecule has 2 N–H and O–H groups in total. The summed E-state index contributed by atoms with van der Waals surface area (Å²) < 4.78 is 1.87. The Morgan fingerprint density at radius 2 is 2.00 bits per heavy atom. The van der Waals surface area contributed by atoms with Gasteiger partial charge in [0, 0.05) is 32.7 Å². The lowest BCUT2D eigenvalue weighted by Gasteiger charge is -2.36. The Kier molecular flexibility index (Phi) is 6.74. The van der Waals surface area contributed by atoms with Gasteiger partial charge in [0.15, 0.2) is 10.9 Å². The SMILES string of the molecule is CCc1nc2sc(N3CCCC(N(C)C(N)=O)C3)nn2c1N(C)c1nc(-c2ccc(C)cc2)c(C#N)s1. The normalized spacial score (nSPS) is 15.6. The summed E-state index contributed by atoms with van der Waals surface area (Å²) in [6.45, 7) is 5.65. The zero-order valence-corrected chi connectivity index (χ0v) is 22.9. The second-order valence-corrected chi connectivity index (χ2v) is 11.1. The predicted octanol–water partition coefficient (Wildman–Crippen LogP) is 4.40.